The standard InChI is InChI=1S/C11H11F2NO/c1-2-3-11(15)14-7-8-4-5-9(12)10(13)6-8/h2-6H,7H2,1H3,(H,14,15)/b3-2+. The van der Waals surface area contributed by atoms with Crippen molar-refractivity contribution in [2.24, 2.45) is 0 Å². The number of nitrogens with one attached hydrogen (secondary N) is 1. The fourth-order valence-corrected chi connectivity index (χ4v) is 1.05. The van der Waals surface area contributed by atoms with E-state index in [0.29, 0.717) is 5.56 Å². The molecule has 0 aliphatic heterocycles. The second kappa shape index (κ2) is 5.24. The van der Waals surface area contributed by atoms with Crippen LogP contribution in [0.1, 0.15) is 12.5 Å². The van der Waals surface area contributed by atoms with Gasteiger partial charge in [-0.1, -0.05) is 12.1 Å². The second-order valence-corrected chi connectivity index (χ2v) is 2.97. The molecule has 0 atom stereocenters. The molecule has 15 heavy (non-hydrogen) atoms. The molecule has 4 heteroatoms. The monoisotopic (exact) mass is 211 g/mol. The van der Waals surface area contributed by atoms with Crippen LogP contribution >= 0.6 is 0 Å². The summed E-state index contributed by atoms with van der Waals surface area (Å²) in [6.45, 7) is 1.90. The largest absolute Gasteiger partial charge is 0.348 e. The van der Waals surface area contributed by atoms with Gasteiger partial charge in [0.2, 0.25) is 5.91 Å². The van der Waals surface area contributed by atoms with E-state index < -0.39 is 11.6 Å². The lowest BCUT2D eigenvalue weighted by Gasteiger charge is -2.02. The quantitative estimate of drug-likeness (QED) is 0.762. The molecule has 1 N–H and O–H groups in total. The van der Waals surface area contributed by atoms with Gasteiger partial charge in [0, 0.05) is 6.54 Å². The van der Waals surface area contributed by atoms with Gasteiger partial charge in [-0.2, -0.15) is 0 Å². The highest BCUT2D eigenvalue weighted by atomic mass is 19.2. The Bertz CT molecular complexity index is 388. The fraction of sp³-hybridized carbons (Fsp3) is 0.182. The average molecular weight is 211 g/mol. The Kier molecular flexibility index (Phi) is 3.97. The van der Waals surface area contributed by atoms with E-state index in [2.05, 4.69) is 5.32 Å². The maximum Gasteiger partial charge on any atom is 0.243 e. The zero-order chi connectivity index (χ0) is 11.3. The van der Waals surface area contributed by atoms with Gasteiger partial charge < -0.3 is 5.32 Å². The number of carbonyl (C=O) groups is 1. The molecule has 0 heterocycles. The summed E-state index contributed by atoms with van der Waals surface area (Å²) in [5, 5.41) is 2.53. The van der Waals surface area contributed by atoms with E-state index in [1.165, 1.54) is 12.1 Å². The molecule has 0 unspecified atom stereocenters. The van der Waals surface area contributed by atoms with Crippen molar-refractivity contribution >= 4 is 5.91 Å². The minimum absolute atomic E-state index is 0.181. The van der Waals surface area contributed by atoms with Gasteiger partial charge in [0.05, 0.1) is 0 Å². The molecule has 0 saturated heterocycles. The van der Waals surface area contributed by atoms with Gasteiger partial charge >= 0.3 is 0 Å². The second-order valence-electron chi connectivity index (χ2n) is 2.97. The number of amides is 1. The molecular formula is C11H11F2NO. The lowest BCUT2D eigenvalue weighted by atomic mass is 10.2. The zero-order valence-corrected chi connectivity index (χ0v) is 8.26. The van der Waals surface area contributed by atoms with Crippen molar-refractivity contribution in [3.05, 3.63) is 47.5 Å². The number of carbonyl (C=O) groups excluding carboxylic acids is 1. The molecule has 2 nitrogen and oxygen atoms in total. The fourth-order valence-electron chi connectivity index (χ4n) is 1.05. The first kappa shape index (κ1) is 11.4. The number of benzene rings is 1. The molecule has 0 aliphatic carbocycles. The van der Waals surface area contributed by atoms with Gasteiger partial charge in [-0.05, 0) is 30.7 Å². The predicted octanol–water partition coefficient (Wildman–Crippen LogP) is 2.16. The number of hydrogen-bond donors (Lipinski definition) is 1. The van der Waals surface area contributed by atoms with Gasteiger partial charge in [0.25, 0.3) is 0 Å². The highest BCUT2D eigenvalue weighted by Gasteiger charge is 2.02. The number of allylic oxidation sites excluding steroid dienone is 1. The first-order valence-corrected chi connectivity index (χ1v) is 4.48. The molecule has 0 bridgehead atoms. The molecule has 0 spiro atoms. The molecule has 0 aliphatic rings. The van der Waals surface area contributed by atoms with Gasteiger partial charge in [-0.25, -0.2) is 8.78 Å². The average Bonchev–Trinajstić information content (AvgIpc) is 2.20. The molecule has 1 aromatic rings. The number of rotatable bonds is 3. The topological polar surface area (TPSA) is 29.1 Å². The molecule has 1 amide bonds. The summed E-state index contributed by atoms with van der Waals surface area (Å²) in [6.07, 6.45) is 2.96. The summed E-state index contributed by atoms with van der Waals surface area (Å²) >= 11 is 0. The van der Waals surface area contributed by atoms with Crippen LogP contribution in [0.5, 0.6) is 0 Å². The van der Waals surface area contributed by atoms with Crippen molar-refractivity contribution in [1.82, 2.24) is 5.32 Å². The van der Waals surface area contributed by atoms with Crippen LogP contribution in [0, 0.1) is 11.6 Å². The Balaban J connectivity index is 2.58. The van der Waals surface area contributed by atoms with E-state index in [-0.39, 0.29) is 12.5 Å². The Morgan fingerprint density at radius 2 is 2.13 bits per heavy atom. The van der Waals surface area contributed by atoms with Crippen molar-refractivity contribution in [3.8, 4) is 0 Å². The zero-order valence-electron chi connectivity index (χ0n) is 8.26. The first-order chi connectivity index (χ1) is 7.13. The SMILES string of the molecule is C/C=C/C(=O)NCc1ccc(F)c(F)c1. The normalized spacial score (nSPS) is 10.6. The third kappa shape index (κ3) is 3.50. The van der Waals surface area contributed by atoms with E-state index in [1.54, 1.807) is 13.0 Å². The Morgan fingerprint density at radius 1 is 1.40 bits per heavy atom. The molecule has 0 saturated carbocycles. The van der Waals surface area contributed by atoms with E-state index in [0.717, 1.165) is 12.1 Å². The summed E-state index contributed by atoms with van der Waals surface area (Å²) in [5.41, 5.74) is 0.520. The van der Waals surface area contributed by atoms with Crippen molar-refractivity contribution in [2.75, 3.05) is 0 Å². The van der Waals surface area contributed by atoms with Gasteiger partial charge in [-0.3, -0.25) is 4.79 Å². The van der Waals surface area contributed by atoms with Crippen molar-refractivity contribution in [2.45, 2.75) is 13.5 Å². The van der Waals surface area contributed by atoms with Crippen molar-refractivity contribution in [3.63, 3.8) is 0 Å². The van der Waals surface area contributed by atoms with Crippen LogP contribution in [-0.2, 0) is 11.3 Å². The molecule has 0 radical (unpaired) electrons. The van der Waals surface area contributed by atoms with Crippen LogP contribution in [-0.4, -0.2) is 5.91 Å². The third-order valence-corrected chi connectivity index (χ3v) is 1.77. The summed E-state index contributed by atoms with van der Waals surface area (Å²) in [6, 6.07) is 3.52. The van der Waals surface area contributed by atoms with Gasteiger partial charge in [-0.15, -0.1) is 0 Å². The summed E-state index contributed by atoms with van der Waals surface area (Å²) in [4.78, 5) is 11.0. The van der Waals surface area contributed by atoms with E-state index >= 15 is 0 Å². The highest BCUT2D eigenvalue weighted by Crippen LogP contribution is 2.08. The van der Waals surface area contributed by atoms with Crippen LogP contribution in [0.15, 0.2) is 30.4 Å². The lowest BCUT2D eigenvalue weighted by Crippen LogP contribution is -2.20. The minimum Gasteiger partial charge on any atom is -0.348 e. The maximum atomic E-state index is 12.8. The van der Waals surface area contributed by atoms with Gasteiger partial charge in [0.1, 0.15) is 0 Å². The maximum absolute atomic E-state index is 12.8. The Hall–Kier alpha value is -1.71. The minimum atomic E-state index is -0.909. The third-order valence-electron chi connectivity index (χ3n) is 1.77. The summed E-state index contributed by atoms with van der Waals surface area (Å²) in [5.74, 6) is -2.06. The molecule has 0 aromatic heterocycles. The summed E-state index contributed by atoms with van der Waals surface area (Å²) in [7, 11) is 0. The van der Waals surface area contributed by atoms with Crippen molar-refractivity contribution in [1.29, 1.82) is 0 Å². The molecule has 1 aromatic carbocycles. The Morgan fingerprint density at radius 3 is 2.73 bits per heavy atom. The number of halogens is 2. The predicted molar refractivity (Wildman–Crippen MR) is 53.0 cm³/mol. The van der Waals surface area contributed by atoms with E-state index in [1.807, 2.05) is 0 Å². The molecule has 0 fully saturated rings. The van der Waals surface area contributed by atoms with Crippen LogP contribution in [0.4, 0.5) is 8.78 Å². The lowest BCUT2D eigenvalue weighted by molar-refractivity contribution is -0.116. The number of hydrogen-bond acceptors (Lipinski definition) is 1. The molecule has 1 rings (SSSR count). The van der Waals surface area contributed by atoms with Crippen LogP contribution in [0.2, 0.25) is 0 Å². The molecule has 80 valence electrons. The highest BCUT2D eigenvalue weighted by molar-refractivity contribution is 5.87. The van der Waals surface area contributed by atoms with Crippen molar-refractivity contribution < 1.29 is 13.6 Å². The Labute approximate surface area is 86.6 Å². The first-order valence-electron chi connectivity index (χ1n) is 4.48. The van der Waals surface area contributed by atoms with Crippen LogP contribution in [0.3, 0.4) is 0 Å². The molecular weight excluding hydrogens is 200 g/mol. The smallest absolute Gasteiger partial charge is 0.243 e. The van der Waals surface area contributed by atoms with Crippen LogP contribution in [0.25, 0.3) is 0 Å². The van der Waals surface area contributed by atoms with Crippen LogP contribution < -0.4 is 5.32 Å². The van der Waals surface area contributed by atoms with Gasteiger partial charge in [0.15, 0.2) is 11.6 Å². The summed E-state index contributed by atoms with van der Waals surface area (Å²) < 4.78 is 25.3. The van der Waals surface area contributed by atoms with E-state index in [4.69, 9.17) is 0 Å². The van der Waals surface area contributed by atoms with E-state index in [9.17, 15) is 13.6 Å².